The standard InChI is InChI=1S/C12H14N2O9/c1-4-3-23-10(13-6(4)9(18)19)12(22,11(20)21)14-7(15)5(2)8(16)17/h3,5,10,22H,1-2H3,(H,14,15)(H,16,17)(H,18,19)(H,20,21)/t5-,10-,12-/m1/s1. The number of carboxylic acid groups (broad SMARTS) is 3. The Morgan fingerprint density at radius 2 is 1.87 bits per heavy atom. The molecule has 1 aliphatic heterocycles. The Hall–Kier alpha value is -2.95. The molecule has 5 N–H and O–H groups in total. The molecular formula is C12H14N2O9. The van der Waals surface area contributed by atoms with Crippen LogP contribution in [0.25, 0.3) is 0 Å². The normalized spacial score (nSPS) is 20.9. The monoisotopic (exact) mass is 330 g/mol. The van der Waals surface area contributed by atoms with E-state index < -0.39 is 47.4 Å². The summed E-state index contributed by atoms with van der Waals surface area (Å²) in [4.78, 5) is 48.1. The van der Waals surface area contributed by atoms with Crippen LogP contribution < -0.4 is 5.32 Å². The van der Waals surface area contributed by atoms with Crippen molar-refractivity contribution in [2.24, 2.45) is 10.9 Å². The first kappa shape index (κ1) is 18.1. The summed E-state index contributed by atoms with van der Waals surface area (Å²) in [5, 5.41) is 38.5. The van der Waals surface area contributed by atoms with Gasteiger partial charge in [0.25, 0.3) is 5.72 Å². The minimum Gasteiger partial charge on any atom is -0.481 e. The first-order valence-electron chi connectivity index (χ1n) is 6.15. The van der Waals surface area contributed by atoms with E-state index in [0.717, 1.165) is 13.2 Å². The highest BCUT2D eigenvalue weighted by molar-refractivity contribution is 6.42. The maximum Gasteiger partial charge on any atom is 0.363 e. The molecule has 11 heteroatoms. The third kappa shape index (κ3) is 3.63. The van der Waals surface area contributed by atoms with E-state index in [-0.39, 0.29) is 5.57 Å². The summed E-state index contributed by atoms with van der Waals surface area (Å²) in [6.45, 7) is 2.30. The summed E-state index contributed by atoms with van der Waals surface area (Å²) < 4.78 is 4.83. The lowest BCUT2D eigenvalue weighted by Crippen LogP contribution is -2.63. The van der Waals surface area contributed by atoms with E-state index in [2.05, 4.69) is 4.99 Å². The number of carboxylic acids is 3. The van der Waals surface area contributed by atoms with Crippen molar-refractivity contribution in [1.82, 2.24) is 5.32 Å². The molecule has 1 rings (SSSR count). The molecule has 0 aromatic heterocycles. The Bertz CT molecular complexity index is 624. The molecule has 126 valence electrons. The van der Waals surface area contributed by atoms with Crippen LogP contribution in [0.1, 0.15) is 13.8 Å². The molecular weight excluding hydrogens is 316 g/mol. The van der Waals surface area contributed by atoms with Crippen LogP contribution in [-0.4, -0.2) is 61.9 Å². The molecule has 0 bridgehead atoms. The second kappa shape index (κ2) is 6.44. The number of amides is 1. The minimum absolute atomic E-state index is 0.0618. The van der Waals surface area contributed by atoms with Gasteiger partial charge in [0.05, 0.1) is 6.26 Å². The molecule has 1 aliphatic rings. The SMILES string of the molecule is CC1=CO[C@H]([C@](O)(NC(=O)[C@@H](C)C(=O)O)C(=O)O)N=C1C(=O)O. The van der Waals surface area contributed by atoms with Gasteiger partial charge in [0.15, 0.2) is 5.71 Å². The Morgan fingerprint density at radius 3 is 2.30 bits per heavy atom. The second-order valence-electron chi connectivity index (χ2n) is 4.69. The molecule has 23 heavy (non-hydrogen) atoms. The number of carbonyl (C=O) groups is 4. The number of carbonyl (C=O) groups excluding carboxylic acids is 1. The fourth-order valence-corrected chi connectivity index (χ4v) is 1.52. The van der Waals surface area contributed by atoms with Crippen LogP contribution in [0.15, 0.2) is 16.8 Å². The molecule has 0 saturated carbocycles. The highest BCUT2D eigenvalue weighted by Crippen LogP contribution is 2.20. The maximum atomic E-state index is 11.7. The number of aliphatic hydroxyl groups is 1. The summed E-state index contributed by atoms with van der Waals surface area (Å²) in [6.07, 6.45) is -1.15. The average molecular weight is 330 g/mol. The van der Waals surface area contributed by atoms with E-state index >= 15 is 0 Å². The number of ether oxygens (including phenoxy) is 1. The quantitative estimate of drug-likeness (QED) is 0.282. The lowest BCUT2D eigenvalue weighted by molar-refractivity contribution is -0.182. The van der Waals surface area contributed by atoms with Gasteiger partial charge in [-0.15, -0.1) is 0 Å². The minimum atomic E-state index is -3.15. The summed E-state index contributed by atoms with van der Waals surface area (Å²) in [7, 11) is 0. The molecule has 0 saturated heterocycles. The molecule has 0 aromatic carbocycles. The van der Waals surface area contributed by atoms with Crippen molar-refractivity contribution in [1.29, 1.82) is 0 Å². The molecule has 0 spiro atoms. The molecule has 1 amide bonds. The summed E-state index contributed by atoms with van der Waals surface area (Å²) in [5.41, 5.74) is -3.66. The summed E-state index contributed by atoms with van der Waals surface area (Å²) in [6, 6.07) is 0. The first-order valence-corrected chi connectivity index (χ1v) is 6.15. The van der Waals surface area contributed by atoms with Crippen molar-refractivity contribution >= 4 is 29.5 Å². The first-order chi connectivity index (χ1) is 10.5. The average Bonchev–Trinajstić information content (AvgIpc) is 2.45. The van der Waals surface area contributed by atoms with Crippen molar-refractivity contribution < 1.29 is 44.3 Å². The summed E-state index contributed by atoms with van der Waals surface area (Å²) >= 11 is 0. The van der Waals surface area contributed by atoms with Gasteiger partial charge in [-0.3, -0.25) is 9.59 Å². The molecule has 3 atom stereocenters. The molecule has 0 fully saturated rings. The topological polar surface area (TPSA) is 183 Å². The molecule has 0 unspecified atom stereocenters. The lowest BCUT2D eigenvalue weighted by Gasteiger charge is -2.32. The molecule has 1 heterocycles. The van der Waals surface area contributed by atoms with Crippen LogP contribution in [0, 0.1) is 5.92 Å². The predicted molar refractivity (Wildman–Crippen MR) is 71.2 cm³/mol. The van der Waals surface area contributed by atoms with Crippen molar-refractivity contribution in [2.75, 3.05) is 0 Å². The molecule has 0 aromatic rings. The number of aliphatic carboxylic acids is 3. The fourth-order valence-electron chi connectivity index (χ4n) is 1.52. The van der Waals surface area contributed by atoms with Crippen molar-refractivity contribution in [3.05, 3.63) is 11.8 Å². The van der Waals surface area contributed by atoms with E-state index in [1.54, 1.807) is 5.32 Å². The third-order valence-corrected chi connectivity index (χ3v) is 2.96. The Kier molecular flexibility index (Phi) is 5.07. The molecule has 0 radical (unpaired) electrons. The number of hydrogen-bond acceptors (Lipinski definition) is 7. The lowest BCUT2D eigenvalue weighted by atomic mass is 10.1. The number of nitrogens with zero attached hydrogens (tertiary/aromatic N) is 1. The van der Waals surface area contributed by atoms with E-state index in [0.29, 0.717) is 0 Å². The maximum absolute atomic E-state index is 11.7. The van der Waals surface area contributed by atoms with Crippen LogP contribution >= 0.6 is 0 Å². The smallest absolute Gasteiger partial charge is 0.363 e. The Balaban J connectivity index is 3.16. The van der Waals surface area contributed by atoms with E-state index in [1.807, 2.05) is 0 Å². The third-order valence-electron chi connectivity index (χ3n) is 2.96. The van der Waals surface area contributed by atoms with Gasteiger partial charge in [0.1, 0.15) is 5.92 Å². The largest absolute Gasteiger partial charge is 0.481 e. The van der Waals surface area contributed by atoms with Crippen molar-refractivity contribution in [3.63, 3.8) is 0 Å². The molecule has 11 nitrogen and oxygen atoms in total. The van der Waals surface area contributed by atoms with Crippen LogP contribution in [0.5, 0.6) is 0 Å². The molecule has 0 aliphatic carbocycles. The van der Waals surface area contributed by atoms with Crippen molar-refractivity contribution in [2.45, 2.75) is 25.8 Å². The zero-order chi connectivity index (χ0) is 17.9. The van der Waals surface area contributed by atoms with Crippen LogP contribution in [0.3, 0.4) is 0 Å². The second-order valence-corrected chi connectivity index (χ2v) is 4.69. The zero-order valence-corrected chi connectivity index (χ0v) is 12.0. The fraction of sp³-hybridized carbons (Fsp3) is 0.417. The number of rotatable bonds is 6. The number of aliphatic imine (C=N–C) groups is 1. The van der Waals surface area contributed by atoms with Gasteiger partial charge in [-0.05, 0) is 13.8 Å². The Labute approximate surface area is 128 Å². The van der Waals surface area contributed by atoms with E-state index in [9.17, 15) is 24.3 Å². The zero-order valence-electron chi connectivity index (χ0n) is 12.0. The van der Waals surface area contributed by atoms with Crippen molar-refractivity contribution in [3.8, 4) is 0 Å². The predicted octanol–water partition coefficient (Wildman–Crippen LogP) is -1.62. The van der Waals surface area contributed by atoms with Gasteiger partial charge in [0, 0.05) is 5.57 Å². The van der Waals surface area contributed by atoms with Gasteiger partial charge in [0.2, 0.25) is 12.1 Å². The van der Waals surface area contributed by atoms with Gasteiger partial charge in [-0.2, -0.15) is 0 Å². The number of nitrogens with one attached hydrogen (secondary N) is 1. The van der Waals surface area contributed by atoms with Gasteiger partial charge in [-0.25, -0.2) is 14.6 Å². The highest BCUT2D eigenvalue weighted by Gasteiger charge is 2.50. The van der Waals surface area contributed by atoms with E-state index in [4.69, 9.17) is 20.1 Å². The van der Waals surface area contributed by atoms with Gasteiger partial charge >= 0.3 is 17.9 Å². The Morgan fingerprint density at radius 1 is 1.30 bits per heavy atom. The van der Waals surface area contributed by atoms with Gasteiger partial charge < -0.3 is 30.5 Å². The highest BCUT2D eigenvalue weighted by atomic mass is 16.5. The van der Waals surface area contributed by atoms with Gasteiger partial charge in [-0.1, -0.05) is 0 Å². The van der Waals surface area contributed by atoms with Crippen LogP contribution in [0.2, 0.25) is 0 Å². The summed E-state index contributed by atoms with van der Waals surface area (Å²) in [5.74, 6) is -8.03. The van der Waals surface area contributed by atoms with E-state index in [1.165, 1.54) is 6.92 Å². The van der Waals surface area contributed by atoms with Crippen LogP contribution in [-0.2, 0) is 23.9 Å². The number of hydrogen-bond donors (Lipinski definition) is 5. The van der Waals surface area contributed by atoms with Crippen LogP contribution in [0.4, 0.5) is 0 Å².